The Hall–Kier alpha value is -0.800. The molecule has 1 heterocycles. The third kappa shape index (κ3) is 4.35. The summed E-state index contributed by atoms with van der Waals surface area (Å²) in [7, 11) is 2.21. The van der Waals surface area contributed by atoms with E-state index in [-0.39, 0.29) is 0 Å². The minimum absolute atomic E-state index is 0.637. The Morgan fingerprint density at radius 1 is 1.45 bits per heavy atom. The first-order chi connectivity index (χ1) is 9.61. The van der Waals surface area contributed by atoms with E-state index in [1.807, 2.05) is 13.8 Å². The highest BCUT2D eigenvalue weighted by atomic mass is 79.9. The van der Waals surface area contributed by atoms with Crippen molar-refractivity contribution in [2.75, 3.05) is 13.6 Å². The third-order valence-corrected chi connectivity index (χ3v) is 4.37. The first-order valence-electron chi connectivity index (χ1n) is 7.49. The van der Waals surface area contributed by atoms with Crippen molar-refractivity contribution in [2.24, 2.45) is 5.73 Å². The molecule has 0 bridgehead atoms. The molecule has 2 nitrogen and oxygen atoms in total. The van der Waals surface area contributed by atoms with Gasteiger partial charge in [0, 0.05) is 10.5 Å². The molecule has 0 aromatic heterocycles. The summed E-state index contributed by atoms with van der Waals surface area (Å²) in [6.45, 7) is 7.35. The summed E-state index contributed by atoms with van der Waals surface area (Å²) in [4.78, 5) is 2.44. The maximum atomic E-state index is 5.85. The molecule has 0 unspecified atom stereocenters. The highest BCUT2D eigenvalue weighted by molar-refractivity contribution is 9.10. The van der Waals surface area contributed by atoms with Crippen molar-refractivity contribution in [2.45, 2.75) is 46.1 Å². The van der Waals surface area contributed by atoms with Crippen LogP contribution in [0.1, 0.15) is 44.2 Å². The van der Waals surface area contributed by atoms with Gasteiger partial charge in [-0.05, 0) is 74.8 Å². The van der Waals surface area contributed by atoms with E-state index in [1.165, 1.54) is 36.1 Å². The van der Waals surface area contributed by atoms with Gasteiger partial charge in [0.2, 0.25) is 0 Å². The van der Waals surface area contributed by atoms with Crippen molar-refractivity contribution in [1.29, 1.82) is 0 Å². The molecule has 1 aromatic rings. The molecular weight excluding hydrogens is 312 g/mol. The average Bonchev–Trinajstić information content (AvgIpc) is 2.86. The van der Waals surface area contributed by atoms with Gasteiger partial charge >= 0.3 is 0 Å². The zero-order valence-electron chi connectivity index (χ0n) is 13.1. The lowest BCUT2D eigenvalue weighted by molar-refractivity contribution is 0.315. The van der Waals surface area contributed by atoms with Crippen molar-refractivity contribution >= 4 is 21.5 Å². The Kier molecular flexibility index (Phi) is 7.31. The first-order valence-corrected chi connectivity index (χ1v) is 8.28. The molecule has 0 amide bonds. The van der Waals surface area contributed by atoms with Gasteiger partial charge in [-0.15, -0.1) is 0 Å². The van der Waals surface area contributed by atoms with Gasteiger partial charge < -0.3 is 10.6 Å². The van der Waals surface area contributed by atoms with Gasteiger partial charge in [-0.25, -0.2) is 0 Å². The topological polar surface area (TPSA) is 29.3 Å². The quantitative estimate of drug-likeness (QED) is 0.874. The average molecular weight is 339 g/mol. The highest BCUT2D eigenvalue weighted by Gasteiger charge is 2.22. The number of hydrogen-bond donors (Lipinski definition) is 1. The predicted molar refractivity (Wildman–Crippen MR) is 92.7 cm³/mol. The van der Waals surface area contributed by atoms with E-state index in [0.29, 0.717) is 6.04 Å². The van der Waals surface area contributed by atoms with Crippen molar-refractivity contribution < 1.29 is 0 Å². The summed E-state index contributed by atoms with van der Waals surface area (Å²) < 4.78 is 1.11. The summed E-state index contributed by atoms with van der Waals surface area (Å²) >= 11 is 3.54. The van der Waals surface area contributed by atoms with E-state index in [4.69, 9.17) is 5.73 Å². The fourth-order valence-electron chi connectivity index (χ4n) is 2.70. The van der Waals surface area contributed by atoms with E-state index in [9.17, 15) is 0 Å². The molecule has 0 aliphatic carbocycles. The third-order valence-electron chi connectivity index (χ3n) is 3.87. The smallest absolute Gasteiger partial charge is 0.0181 e. The standard InChI is InChI=1S/C15H21BrN2.C2H6/c1-11-5-6-13(16)9-15(11)12(10-17)8-14-4-3-7-18(14)2;1-2/h5-6,9-10,14H,3-4,7-8,17H2,1-2H3;1-2H3/b12-10-;/t14-;/m1./s1. The monoisotopic (exact) mass is 338 g/mol. The highest BCUT2D eigenvalue weighted by Crippen LogP contribution is 2.30. The molecule has 1 aliphatic heterocycles. The van der Waals surface area contributed by atoms with Gasteiger partial charge in [-0.3, -0.25) is 0 Å². The van der Waals surface area contributed by atoms with Crippen molar-refractivity contribution in [3.63, 3.8) is 0 Å². The second-order valence-electron chi connectivity index (χ2n) is 5.13. The van der Waals surface area contributed by atoms with Crippen molar-refractivity contribution in [3.8, 4) is 0 Å². The zero-order valence-corrected chi connectivity index (χ0v) is 14.7. The predicted octanol–water partition coefficient (Wildman–Crippen LogP) is 4.57. The Balaban J connectivity index is 0.000000956. The number of likely N-dealkylation sites (tertiary alicyclic amines) is 1. The minimum Gasteiger partial charge on any atom is -0.404 e. The summed E-state index contributed by atoms with van der Waals surface area (Å²) in [5.41, 5.74) is 9.67. The largest absolute Gasteiger partial charge is 0.404 e. The Bertz CT molecular complexity index is 454. The van der Waals surface area contributed by atoms with Crippen molar-refractivity contribution in [3.05, 3.63) is 40.0 Å². The van der Waals surface area contributed by atoms with Gasteiger partial charge in [0.15, 0.2) is 0 Å². The van der Waals surface area contributed by atoms with Crippen LogP contribution in [-0.4, -0.2) is 24.5 Å². The molecule has 1 aliphatic rings. The Morgan fingerprint density at radius 3 is 2.70 bits per heavy atom. The number of rotatable bonds is 3. The van der Waals surface area contributed by atoms with Crippen LogP contribution in [0.25, 0.3) is 5.57 Å². The van der Waals surface area contributed by atoms with Crippen LogP contribution in [0.3, 0.4) is 0 Å². The van der Waals surface area contributed by atoms with Gasteiger partial charge in [-0.1, -0.05) is 35.8 Å². The van der Waals surface area contributed by atoms with Crippen LogP contribution in [0, 0.1) is 6.92 Å². The lowest BCUT2D eigenvalue weighted by Crippen LogP contribution is -2.25. The fraction of sp³-hybridized carbons (Fsp3) is 0.529. The summed E-state index contributed by atoms with van der Waals surface area (Å²) in [6, 6.07) is 7.03. The molecule has 1 aromatic carbocycles. The van der Waals surface area contributed by atoms with E-state index in [0.717, 1.165) is 10.9 Å². The van der Waals surface area contributed by atoms with Crippen molar-refractivity contribution in [1.82, 2.24) is 4.90 Å². The molecule has 0 saturated carbocycles. The van der Waals surface area contributed by atoms with Crippen LogP contribution in [-0.2, 0) is 0 Å². The molecule has 20 heavy (non-hydrogen) atoms. The molecule has 0 spiro atoms. The maximum Gasteiger partial charge on any atom is 0.0181 e. The summed E-state index contributed by atoms with van der Waals surface area (Å²) in [6.07, 6.45) is 5.41. The normalized spacial score (nSPS) is 19.6. The molecule has 1 saturated heterocycles. The number of nitrogens with two attached hydrogens (primary N) is 1. The number of benzene rings is 1. The van der Waals surface area contributed by atoms with Crippen LogP contribution < -0.4 is 5.73 Å². The Labute approximate surface area is 132 Å². The molecule has 3 heteroatoms. The van der Waals surface area contributed by atoms with E-state index < -0.39 is 0 Å². The minimum atomic E-state index is 0.637. The summed E-state index contributed by atoms with van der Waals surface area (Å²) in [5.74, 6) is 0. The molecule has 2 rings (SSSR count). The summed E-state index contributed by atoms with van der Waals surface area (Å²) in [5, 5.41) is 0. The lowest BCUT2D eigenvalue weighted by Gasteiger charge is -2.21. The van der Waals surface area contributed by atoms with Crippen LogP contribution in [0.2, 0.25) is 0 Å². The molecule has 1 atom stereocenters. The van der Waals surface area contributed by atoms with Crippen LogP contribution in [0.4, 0.5) is 0 Å². The van der Waals surface area contributed by atoms with Gasteiger partial charge in [0.05, 0.1) is 0 Å². The number of hydrogen-bond acceptors (Lipinski definition) is 2. The van der Waals surface area contributed by atoms with Crippen LogP contribution in [0.5, 0.6) is 0 Å². The Morgan fingerprint density at radius 2 is 2.15 bits per heavy atom. The number of nitrogens with zero attached hydrogens (tertiary/aromatic N) is 1. The zero-order chi connectivity index (χ0) is 15.1. The van der Waals surface area contributed by atoms with Crippen LogP contribution >= 0.6 is 15.9 Å². The lowest BCUT2D eigenvalue weighted by atomic mass is 9.95. The van der Waals surface area contributed by atoms with Gasteiger partial charge in [0.1, 0.15) is 0 Å². The molecule has 112 valence electrons. The molecule has 1 fully saturated rings. The first kappa shape index (κ1) is 17.3. The number of aryl methyl sites for hydroxylation is 1. The maximum absolute atomic E-state index is 5.85. The van der Waals surface area contributed by atoms with E-state index in [1.54, 1.807) is 6.20 Å². The van der Waals surface area contributed by atoms with Gasteiger partial charge in [0.25, 0.3) is 0 Å². The molecule has 2 N–H and O–H groups in total. The van der Waals surface area contributed by atoms with Crippen LogP contribution in [0.15, 0.2) is 28.9 Å². The molecular formula is C17H27BrN2. The second kappa shape index (κ2) is 8.48. The second-order valence-corrected chi connectivity index (χ2v) is 6.05. The number of halogens is 1. The van der Waals surface area contributed by atoms with Gasteiger partial charge in [-0.2, -0.15) is 0 Å². The molecule has 0 radical (unpaired) electrons. The SMILES string of the molecule is CC.Cc1ccc(Br)cc1/C(=C\N)C[C@H]1CCCN1C. The van der Waals surface area contributed by atoms with E-state index >= 15 is 0 Å². The van der Waals surface area contributed by atoms with E-state index in [2.05, 4.69) is 53.0 Å². The fourth-order valence-corrected chi connectivity index (χ4v) is 3.06.